The van der Waals surface area contributed by atoms with Crippen molar-refractivity contribution < 1.29 is 0 Å². The van der Waals surface area contributed by atoms with Gasteiger partial charge in [-0.1, -0.05) is 24.3 Å². The van der Waals surface area contributed by atoms with E-state index < -0.39 is 0 Å². The molecule has 1 heterocycles. The summed E-state index contributed by atoms with van der Waals surface area (Å²) in [6.07, 6.45) is 2.94. The number of nitrogens with two attached hydrogens (primary N) is 1. The molecular formula is C15H17N3. The molecule has 0 amide bonds. The first kappa shape index (κ1) is 11.1. The zero-order valence-corrected chi connectivity index (χ0v) is 10.5. The van der Waals surface area contributed by atoms with Crippen molar-refractivity contribution in [1.82, 2.24) is 4.98 Å². The van der Waals surface area contributed by atoms with E-state index in [2.05, 4.69) is 34.6 Å². The van der Waals surface area contributed by atoms with E-state index in [1.54, 1.807) is 6.20 Å². The lowest BCUT2D eigenvalue weighted by atomic mass is 9.77. The normalized spacial score (nSPS) is 16.8. The third-order valence-electron chi connectivity index (χ3n) is 3.69. The Balaban J connectivity index is 1.69. The highest BCUT2D eigenvalue weighted by Gasteiger charge is 2.25. The van der Waals surface area contributed by atoms with Crippen LogP contribution in [0.2, 0.25) is 0 Å². The monoisotopic (exact) mass is 239 g/mol. The second-order valence-corrected chi connectivity index (χ2v) is 4.87. The number of aromatic nitrogens is 1. The van der Waals surface area contributed by atoms with E-state index in [1.807, 2.05) is 13.0 Å². The number of nitrogen functional groups attached to an aromatic ring is 1. The minimum absolute atomic E-state index is 0.586. The number of benzene rings is 1. The Morgan fingerprint density at radius 1 is 1.33 bits per heavy atom. The van der Waals surface area contributed by atoms with Gasteiger partial charge in [0.05, 0.1) is 5.69 Å². The summed E-state index contributed by atoms with van der Waals surface area (Å²) in [5, 5.41) is 3.36. The van der Waals surface area contributed by atoms with E-state index in [4.69, 9.17) is 5.73 Å². The van der Waals surface area contributed by atoms with Crippen molar-refractivity contribution in [2.45, 2.75) is 19.3 Å². The van der Waals surface area contributed by atoms with Gasteiger partial charge in [-0.05, 0) is 36.1 Å². The molecule has 2 aromatic rings. The summed E-state index contributed by atoms with van der Waals surface area (Å²) < 4.78 is 0. The maximum absolute atomic E-state index is 6.00. The minimum atomic E-state index is 0.586. The molecule has 1 aliphatic rings. The Kier molecular flexibility index (Phi) is 2.67. The van der Waals surface area contributed by atoms with Crippen LogP contribution in [0.4, 0.5) is 11.5 Å². The van der Waals surface area contributed by atoms with Gasteiger partial charge in [0.2, 0.25) is 0 Å². The molecular weight excluding hydrogens is 222 g/mol. The predicted molar refractivity (Wildman–Crippen MR) is 74.8 cm³/mol. The van der Waals surface area contributed by atoms with Gasteiger partial charge in [-0.25, -0.2) is 4.98 Å². The Labute approximate surface area is 107 Å². The van der Waals surface area contributed by atoms with Gasteiger partial charge in [0.1, 0.15) is 5.82 Å². The van der Waals surface area contributed by atoms with Crippen LogP contribution in [0.3, 0.4) is 0 Å². The van der Waals surface area contributed by atoms with Gasteiger partial charge >= 0.3 is 0 Å². The zero-order chi connectivity index (χ0) is 12.5. The molecule has 18 heavy (non-hydrogen) atoms. The van der Waals surface area contributed by atoms with Crippen molar-refractivity contribution in [2.24, 2.45) is 0 Å². The predicted octanol–water partition coefficient (Wildman–Crippen LogP) is 2.72. The summed E-state index contributed by atoms with van der Waals surface area (Å²) >= 11 is 0. The van der Waals surface area contributed by atoms with E-state index >= 15 is 0 Å². The van der Waals surface area contributed by atoms with Gasteiger partial charge in [-0.3, -0.25) is 0 Å². The zero-order valence-electron chi connectivity index (χ0n) is 10.5. The fraction of sp³-hybridized carbons (Fsp3) is 0.267. The molecule has 0 saturated heterocycles. The van der Waals surface area contributed by atoms with Crippen molar-refractivity contribution in [3.63, 3.8) is 0 Å². The highest BCUT2D eigenvalue weighted by Crippen LogP contribution is 2.35. The van der Waals surface area contributed by atoms with Crippen molar-refractivity contribution in [1.29, 1.82) is 0 Å². The quantitative estimate of drug-likeness (QED) is 0.866. The number of anilines is 2. The smallest absolute Gasteiger partial charge is 0.149 e. The molecule has 1 atom stereocenters. The maximum atomic E-state index is 6.00. The molecule has 1 unspecified atom stereocenters. The van der Waals surface area contributed by atoms with Crippen molar-refractivity contribution in [3.8, 4) is 0 Å². The number of hydrogen-bond donors (Lipinski definition) is 2. The van der Waals surface area contributed by atoms with Gasteiger partial charge in [0.25, 0.3) is 0 Å². The summed E-state index contributed by atoms with van der Waals surface area (Å²) in [6.45, 7) is 2.90. The summed E-state index contributed by atoms with van der Waals surface area (Å²) in [5.74, 6) is 1.39. The molecule has 3 heteroatoms. The van der Waals surface area contributed by atoms with Crippen molar-refractivity contribution in [3.05, 3.63) is 53.2 Å². The van der Waals surface area contributed by atoms with Crippen LogP contribution in [-0.2, 0) is 6.42 Å². The molecule has 0 aliphatic heterocycles. The Hall–Kier alpha value is -2.03. The number of pyridine rings is 1. The number of fused-ring (bicyclic) bond motifs is 1. The molecule has 1 aromatic carbocycles. The molecule has 1 aromatic heterocycles. The first-order valence-electron chi connectivity index (χ1n) is 6.28. The lowest BCUT2D eigenvalue weighted by Gasteiger charge is -2.30. The van der Waals surface area contributed by atoms with Crippen LogP contribution in [0.1, 0.15) is 22.6 Å². The molecule has 3 N–H and O–H groups in total. The molecule has 92 valence electrons. The van der Waals surface area contributed by atoms with E-state index in [0.29, 0.717) is 5.92 Å². The van der Waals surface area contributed by atoms with Gasteiger partial charge in [0.15, 0.2) is 0 Å². The summed E-state index contributed by atoms with van der Waals surface area (Å²) in [5.41, 5.74) is 10.7. The average Bonchev–Trinajstić information content (AvgIpc) is 2.35. The molecule has 1 aliphatic carbocycles. The van der Waals surface area contributed by atoms with E-state index in [-0.39, 0.29) is 0 Å². The van der Waals surface area contributed by atoms with Crippen LogP contribution in [0.5, 0.6) is 0 Å². The third kappa shape index (κ3) is 1.82. The van der Waals surface area contributed by atoms with Gasteiger partial charge in [0, 0.05) is 18.7 Å². The number of nitrogens with one attached hydrogen (secondary N) is 1. The Morgan fingerprint density at radius 3 is 3.00 bits per heavy atom. The summed E-state index contributed by atoms with van der Waals surface area (Å²) in [6, 6.07) is 10.5. The molecule has 3 nitrogen and oxygen atoms in total. The molecule has 0 fully saturated rings. The number of aryl methyl sites for hydroxylation is 1. The standard InChI is InChI=1S/C15H17N3/c1-10-6-7-17-15(14(10)16)18-9-12-8-11-4-2-3-5-13(11)12/h2-7,12H,8-9,16H2,1H3,(H,17,18). The van der Waals surface area contributed by atoms with E-state index in [1.165, 1.54) is 11.1 Å². The first-order valence-corrected chi connectivity index (χ1v) is 6.28. The van der Waals surface area contributed by atoms with Crippen LogP contribution in [0.25, 0.3) is 0 Å². The van der Waals surface area contributed by atoms with Crippen LogP contribution in [0.15, 0.2) is 36.5 Å². The van der Waals surface area contributed by atoms with Crippen LogP contribution >= 0.6 is 0 Å². The van der Waals surface area contributed by atoms with Crippen LogP contribution < -0.4 is 11.1 Å². The summed E-state index contributed by atoms with van der Waals surface area (Å²) in [7, 11) is 0. The lowest BCUT2D eigenvalue weighted by molar-refractivity contribution is 0.635. The molecule has 3 rings (SSSR count). The van der Waals surface area contributed by atoms with E-state index in [0.717, 1.165) is 30.0 Å². The summed E-state index contributed by atoms with van der Waals surface area (Å²) in [4.78, 5) is 4.29. The SMILES string of the molecule is Cc1ccnc(NCC2Cc3ccccc32)c1N. The Bertz CT molecular complexity index is 578. The topological polar surface area (TPSA) is 50.9 Å². The molecule has 0 radical (unpaired) electrons. The highest BCUT2D eigenvalue weighted by molar-refractivity contribution is 5.65. The van der Waals surface area contributed by atoms with Crippen LogP contribution in [-0.4, -0.2) is 11.5 Å². The molecule has 0 saturated carbocycles. The fourth-order valence-electron chi connectivity index (χ4n) is 2.48. The van der Waals surface area contributed by atoms with Gasteiger partial charge in [-0.15, -0.1) is 0 Å². The average molecular weight is 239 g/mol. The second kappa shape index (κ2) is 4.33. The van der Waals surface area contributed by atoms with E-state index in [9.17, 15) is 0 Å². The number of nitrogens with zero attached hydrogens (tertiary/aromatic N) is 1. The van der Waals surface area contributed by atoms with Crippen molar-refractivity contribution >= 4 is 11.5 Å². The lowest BCUT2D eigenvalue weighted by Crippen LogP contribution is -2.24. The highest BCUT2D eigenvalue weighted by atomic mass is 15.0. The Morgan fingerprint density at radius 2 is 2.17 bits per heavy atom. The first-order chi connectivity index (χ1) is 8.75. The van der Waals surface area contributed by atoms with Crippen molar-refractivity contribution in [2.75, 3.05) is 17.6 Å². The van der Waals surface area contributed by atoms with Gasteiger partial charge in [-0.2, -0.15) is 0 Å². The molecule has 0 bridgehead atoms. The fourth-order valence-corrected chi connectivity index (χ4v) is 2.48. The van der Waals surface area contributed by atoms with Gasteiger partial charge < -0.3 is 11.1 Å². The second-order valence-electron chi connectivity index (χ2n) is 4.87. The third-order valence-corrected chi connectivity index (χ3v) is 3.69. The maximum Gasteiger partial charge on any atom is 0.149 e. The minimum Gasteiger partial charge on any atom is -0.396 e. The molecule has 0 spiro atoms. The largest absolute Gasteiger partial charge is 0.396 e. The number of hydrogen-bond acceptors (Lipinski definition) is 3. The number of rotatable bonds is 3. The van der Waals surface area contributed by atoms with Crippen LogP contribution in [0, 0.1) is 6.92 Å².